The highest BCUT2D eigenvalue weighted by Crippen LogP contribution is 2.26. The highest BCUT2D eigenvalue weighted by atomic mass is 32.2. The molecule has 1 aromatic carbocycles. The molecule has 11 heteroatoms. The Balaban J connectivity index is 1.86. The summed E-state index contributed by atoms with van der Waals surface area (Å²) >= 11 is 1.14. The van der Waals surface area contributed by atoms with Crippen molar-refractivity contribution in [3.63, 3.8) is 0 Å². The van der Waals surface area contributed by atoms with Gasteiger partial charge in [-0.2, -0.15) is 0 Å². The van der Waals surface area contributed by atoms with Crippen LogP contribution in [0.25, 0.3) is 0 Å². The van der Waals surface area contributed by atoms with Gasteiger partial charge in [-0.25, -0.2) is 0 Å². The van der Waals surface area contributed by atoms with Crippen molar-refractivity contribution in [1.82, 2.24) is 15.5 Å². The number of thioether (sulfide) groups is 1. The van der Waals surface area contributed by atoms with Gasteiger partial charge in [-0.05, 0) is 6.07 Å². The number of nitrogens with zero attached hydrogens (tertiary/aromatic N) is 2. The summed E-state index contributed by atoms with van der Waals surface area (Å²) in [7, 11) is 1.50. The molecule has 2 N–H and O–H groups in total. The summed E-state index contributed by atoms with van der Waals surface area (Å²) in [5.74, 6) is -1.47. The summed E-state index contributed by atoms with van der Waals surface area (Å²) < 4.78 is 0. The number of fused-ring (bicyclic) bond motifs is 1. The van der Waals surface area contributed by atoms with E-state index in [2.05, 4.69) is 10.6 Å². The Labute approximate surface area is 152 Å². The van der Waals surface area contributed by atoms with E-state index in [1.165, 1.54) is 19.2 Å². The van der Waals surface area contributed by atoms with E-state index in [1.54, 1.807) is 0 Å². The fourth-order valence-electron chi connectivity index (χ4n) is 2.26. The minimum absolute atomic E-state index is 0.0170. The molecule has 0 aromatic heterocycles. The van der Waals surface area contributed by atoms with Crippen LogP contribution in [0.3, 0.4) is 0 Å². The molecule has 0 saturated carbocycles. The number of hydrogen-bond donors (Lipinski definition) is 2. The third kappa shape index (κ3) is 4.36. The third-order valence-corrected chi connectivity index (χ3v) is 4.50. The quantitative estimate of drug-likeness (QED) is 0.361. The molecule has 1 aliphatic heterocycles. The van der Waals surface area contributed by atoms with Gasteiger partial charge in [-0.3, -0.25) is 34.2 Å². The number of carbonyl (C=O) groups is 4. The second-order valence-electron chi connectivity index (χ2n) is 5.26. The van der Waals surface area contributed by atoms with Gasteiger partial charge in [0.1, 0.15) is 0 Å². The molecule has 2 rings (SSSR count). The van der Waals surface area contributed by atoms with E-state index in [9.17, 15) is 29.3 Å². The molecule has 1 heterocycles. The molecule has 0 atom stereocenters. The molecule has 0 bridgehead atoms. The Hall–Kier alpha value is -2.95. The maximum Gasteiger partial charge on any atom is 0.270 e. The van der Waals surface area contributed by atoms with E-state index < -0.39 is 16.7 Å². The largest absolute Gasteiger partial charge is 0.358 e. The average Bonchev–Trinajstić information content (AvgIpc) is 2.85. The number of non-ortho nitro benzene ring substituents is 1. The van der Waals surface area contributed by atoms with Gasteiger partial charge >= 0.3 is 0 Å². The normalized spacial score (nSPS) is 12.7. The first kappa shape index (κ1) is 19.4. The van der Waals surface area contributed by atoms with E-state index in [0.29, 0.717) is 0 Å². The average molecular weight is 380 g/mol. The lowest BCUT2D eigenvalue weighted by molar-refractivity contribution is -0.384. The number of nitro groups is 1. The Kier molecular flexibility index (Phi) is 6.28. The van der Waals surface area contributed by atoms with Crippen LogP contribution in [0.2, 0.25) is 0 Å². The maximum absolute atomic E-state index is 12.3. The molecular weight excluding hydrogens is 364 g/mol. The summed E-state index contributed by atoms with van der Waals surface area (Å²) in [5, 5.41) is 15.8. The van der Waals surface area contributed by atoms with Gasteiger partial charge in [0.25, 0.3) is 17.5 Å². The summed E-state index contributed by atoms with van der Waals surface area (Å²) in [4.78, 5) is 58.3. The van der Waals surface area contributed by atoms with E-state index in [-0.39, 0.29) is 53.2 Å². The van der Waals surface area contributed by atoms with Crippen molar-refractivity contribution in [2.45, 2.75) is 0 Å². The molecule has 0 saturated heterocycles. The summed E-state index contributed by atoms with van der Waals surface area (Å²) in [6.45, 7) is -0.00107. The van der Waals surface area contributed by atoms with Gasteiger partial charge in [-0.15, -0.1) is 11.8 Å². The number of hydrogen-bond acceptors (Lipinski definition) is 7. The van der Waals surface area contributed by atoms with Crippen molar-refractivity contribution >= 4 is 41.1 Å². The number of carbonyl (C=O) groups excluding carboxylic acids is 4. The summed E-state index contributed by atoms with van der Waals surface area (Å²) in [6, 6.07) is 3.49. The second-order valence-corrected chi connectivity index (χ2v) is 6.25. The Morgan fingerprint density at radius 2 is 1.81 bits per heavy atom. The van der Waals surface area contributed by atoms with Crippen molar-refractivity contribution in [3.05, 3.63) is 39.4 Å². The second kappa shape index (κ2) is 8.43. The topological polar surface area (TPSA) is 139 Å². The van der Waals surface area contributed by atoms with E-state index in [1.807, 2.05) is 0 Å². The van der Waals surface area contributed by atoms with Crippen LogP contribution in [0, 0.1) is 10.1 Å². The molecule has 1 aliphatic rings. The summed E-state index contributed by atoms with van der Waals surface area (Å²) in [5.41, 5.74) is -0.182. The SMILES string of the molecule is CNC(=O)CSCC(=O)NCCN1C(=O)c2ccc([N+](=O)[O-])cc2C1=O. The fraction of sp³-hybridized carbons (Fsp3) is 0.333. The van der Waals surface area contributed by atoms with Crippen LogP contribution in [0.5, 0.6) is 0 Å². The lowest BCUT2D eigenvalue weighted by Crippen LogP contribution is -2.38. The van der Waals surface area contributed by atoms with Crippen LogP contribution >= 0.6 is 11.8 Å². The predicted molar refractivity (Wildman–Crippen MR) is 92.9 cm³/mol. The van der Waals surface area contributed by atoms with Crippen molar-refractivity contribution in [2.24, 2.45) is 0 Å². The van der Waals surface area contributed by atoms with Crippen LogP contribution in [0.15, 0.2) is 18.2 Å². The van der Waals surface area contributed by atoms with Gasteiger partial charge in [-0.1, -0.05) is 0 Å². The van der Waals surface area contributed by atoms with E-state index >= 15 is 0 Å². The lowest BCUT2D eigenvalue weighted by Gasteiger charge is -2.14. The van der Waals surface area contributed by atoms with Crippen LogP contribution in [-0.4, -0.2) is 65.1 Å². The van der Waals surface area contributed by atoms with Crippen molar-refractivity contribution in [2.75, 3.05) is 31.6 Å². The molecule has 0 radical (unpaired) electrons. The highest BCUT2D eigenvalue weighted by molar-refractivity contribution is 8.00. The minimum atomic E-state index is -0.641. The van der Waals surface area contributed by atoms with Gasteiger partial charge in [0.05, 0.1) is 27.6 Å². The van der Waals surface area contributed by atoms with Crippen molar-refractivity contribution in [3.8, 4) is 0 Å². The number of nitrogens with one attached hydrogen (secondary N) is 2. The fourth-order valence-corrected chi connectivity index (χ4v) is 2.98. The van der Waals surface area contributed by atoms with E-state index in [4.69, 9.17) is 0 Å². The molecule has 0 aliphatic carbocycles. The smallest absolute Gasteiger partial charge is 0.270 e. The van der Waals surface area contributed by atoms with E-state index in [0.717, 1.165) is 22.7 Å². The molecule has 10 nitrogen and oxygen atoms in total. The minimum Gasteiger partial charge on any atom is -0.358 e. The van der Waals surface area contributed by atoms with Crippen LogP contribution in [0.1, 0.15) is 20.7 Å². The molecule has 0 spiro atoms. The van der Waals surface area contributed by atoms with Crippen LogP contribution < -0.4 is 10.6 Å². The molecule has 26 heavy (non-hydrogen) atoms. The maximum atomic E-state index is 12.3. The van der Waals surface area contributed by atoms with Gasteiger partial charge in [0, 0.05) is 32.3 Å². The Bertz CT molecular complexity index is 781. The summed E-state index contributed by atoms with van der Waals surface area (Å²) in [6.07, 6.45) is 0. The molecular formula is C15H16N4O6S. The monoisotopic (exact) mass is 380 g/mol. The number of nitro benzene ring substituents is 1. The molecule has 1 aromatic rings. The van der Waals surface area contributed by atoms with Gasteiger partial charge in [0.15, 0.2) is 0 Å². The van der Waals surface area contributed by atoms with Gasteiger partial charge < -0.3 is 10.6 Å². The number of rotatable bonds is 8. The Morgan fingerprint density at radius 3 is 2.46 bits per heavy atom. The zero-order valence-corrected chi connectivity index (χ0v) is 14.6. The first-order valence-corrected chi connectivity index (χ1v) is 8.70. The first-order valence-electron chi connectivity index (χ1n) is 7.54. The number of benzene rings is 1. The molecule has 4 amide bonds. The van der Waals surface area contributed by atoms with Gasteiger partial charge in [0.2, 0.25) is 11.8 Å². The number of imide groups is 1. The zero-order chi connectivity index (χ0) is 19.3. The molecule has 0 unspecified atom stereocenters. The van der Waals surface area contributed by atoms with Crippen molar-refractivity contribution < 1.29 is 24.1 Å². The molecule has 0 fully saturated rings. The highest BCUT2D eigenvalue weighted by Gasteiger charge is 2.36. The standard InChI is InChI=1S/C15H16N4O6S/c1-16-12(20)7-26-8-13(21)17-4-5-18-14(22)10-3-2-9(19(24)25)6-11(10)15(18)23/h2-3,6H,4-5,7-8H2,1H3,(H,16,20)(H,17,21). The van der Waals surface area contributed by atoms with Crippen LogP contribution in [-0.2, 0) is 9.59 Å². The number of amides is 4. The van der Waals surface area contributed by atoms with Crippen LogP contribution in [0.4, 0.5) is 5.69 Å². The third-order valence-electron chi connectivity index (χ3n) is 3.57. The lowest BCUT2D eigenvalue weighted by atomic mass is 10.1. The first-order chi connectivity index (χ1) is 12.3. The predicted octanol–water partition coefficient (Wildman–Crippen LogP) is -0.214. The zero-order valence-electron chi connectivity index (χ0n) is 13.8. The molecule has 138 valence electrons. The van der Waals surface area contributed by atoms with Crippen molar-refractivity contribution in [1.29, 1.82) is 0 Å². The Morgan fingerprint density at radius 1 is 1.15 bits per heavy atom.